The minimum absolute atomic E-state index is 0.344. The zero-order valence-corrected chi connectivity index (χ0v) is 13.1. The number of piperidine rings is 1. The van der Waals surface area contributed by atoms with Crippen LogP contribution in [0.2, 0.25) is 0 Å². The van der Waals surface area contributed by atoms with E-state index in [9.17, 15) is 5.11 Å². The summed E-state index contributed by atoms with van der Waals surface area (Å²) in [5.74, 6) is 0.344. The largest absolute Gasteiger partial charge is 0.507 e. The van der Waals surface area contributed by atoms with Gasteiger partial charge in [-0.2, -0.15) is 0 Å². The van der Waals surface area contributed by atoms with Crippen LogP contribution in [0.4, 0.5) is 5.69 Å². The van der Waals surface area contributed by atoms with Gasteiger partial charge in [0.1, 0.15) is 5.75 Å². The Morgan fingerprint density at radius 2 is 1.78 bits per heavy atom. The summed E-state index contributed by atoms with van der Waals surface area (Å²) >= 11 is 0. The second kappa shape index (κ2) is 5.92. The van der Waals surface area contributed by atoms with Crippen LogP contribution < -0.4 is 4.90 Å². The molecule has 2 aromatic carbocycles. The van der Waals surface area contributed by atoms with Crippen molar-refractivity contribution in [2.45, 2.75) is 19.3 Å². The molecule has 0 atom stereocenters. The third kappa shape index (κ3) is 2.63. The molecule has 4 rings (SSSR count). The molecule has 116 valence electrons. The highest BCUT2D eigenvalue weighted by atomic mass is 16.3. The minimum Gasteiger partial charge on any atom is -0.507 e. The molecule has 1 aliphatic rings. The van der Waals surface area contributed by atoms with Crippen molar-refractivity contribution in [3.05, 3.63) is 54.7 Å². The Labute approximate surface area is 136 Å². The molecule has 0 spiro atoms. The number of fused-ring (bicyclic) bond motifs is 1. The summed E-state index contributed by atoms with van der Waals surface area (Å²) in [6, 6.07) is 16.0. The summed E-state index contributed by atoms with van der Waals surface area (Å²) in [5.41, 5.74) is 4.09. The van der Waals surface area contributed by atoms with E-state index in [4.69, 9.17) is 0 Å². The third-order valence-corrected chi connectivity index (χ3v) is 4.61. The maximum Gasteiger partial charge on any atom is 0.125 e. The molecule has 0 radical (unpaired) electrons. The first-order valence-electron chi connectivity index (χ1n) is 8.25. The van der Waals surface area contributed by atoms with E-state index in [-0.39, 0.29) is 0 Å². The van der Waals surface area contributed by atoms with E-state index < -0.39 is 0 Å². The SMILES string of the molecule is Oc1cccc(N2CCCCC2)c1-c1ccc2ncccc2c1. The van der Waals surface area contributed by atoms with E-state index in [1.54, 1.807) is 12.3 Å². The fraction of sp³-hybridized carbons (Fsp3) is 0.250. The van der Waals surface area contributed by atoms with Crippen molar-refractivity contribution in [2.24, 2.45) is 0 Å². The van der Waals surface area contributed by atoms with E-state index in [1.165, 1.54) is 19.3 Å². The number of rotatable bonds is 2. The number of aromatic nitrogens is 1. The molecule has 3 aromatic rings. The van der Waals surface area contributed by atoms with Crippen LogP contribution in [0.1, 0.15) is 19.3 Å². The van der Waals surface area contributed by atoms with Gasteiger partial charge in [-0.1, -0.05) is 18.2 Å². The van der Waals surface area contributed by atoms with Crippen molar-refractivity contribution >= 4 is 16.6 Å². The summed E-state index contributed by atoms with van der Waals surface area (Å²) in [7, 11) is 0. The molecule has 0 amide bonds. The van der Waals surface area contributed by atoms with Crippen LogP contribution in [0.5, 0.6) is 5.75 Å². The molecule has 0 aliphatic carbocycles. The van der Waals surface area contributed by atoms with E-state index in [0.717, 1.165) is 40.8 Å². The smallest absolute Gasteiger partial charge is 0.125 e. The molecule has 3 heteroatoms. The Hall–Kier alpha value is -2.55. The van der Waals surface area contributed by atoms with Gasteiger partial charge in [0, 0.05) is 35.9 Å². The van der Waals surface area contributed by atoms with Crippen molar-refractivity contribution in [3.8, 4) is 16.9 Å². The molecule has 3 nitrogen and oxygen atoms in total. The van der Waals surface area contributed by atoms with Gasteiger partial charge in [0.15, 0.2) is 0 Å². The van der Waals surface area contributed by atoms with Crippen molar-refractivity contribution < 1.29 is 5.11 Å². The topological polar surface area (TPSA) is 36.4 Å². The quantitative estimate of drug-likeness (QED) is 0.752. The van der Waals surface area contributed by atoms with Crippen LogP contribution in [-0.4, -0.2) is 23.2 Å². The lowest BCUT2D eigenvalue weighted by Crippen LogP contribution is -2.29. The molecule has 1 fully saturated rings. The van der Waals surface area contributed by atoms with E-state index in [1.807, 2.05) is 18.2 Å². The number of benzene rings is 2. The number of anilines is 1. The number of nitrogens with zero attached hydrogens (tertiary/aromatic N) is 2. The first kappa shape index (κ1) is 14.1. The number of aromatic hydroxyl groups is 1. The minimum atomic E-state index is 0.344. The van der Waals surface area contributed by atoms with Gasteiger partial charge in [-0.3, -0.25) is 4.98 Å². The van der Waals surface area contributed by atoms with E-state index in [0.29, 0.717) is 5.75 Å². The predicted octanol–water partition coefficient (Wildman–Crippen LogP) is 4.60. The zero-order chi connectivity index (χ0) is 15.6. The lowest BCUT2D eigenvalue weighted by Gasteiger charge is -2.31. The molecule has 1 N–H and O–H groups in total. The molecule has 1 saturated heterocycles. The Balaban J connectivity index is 1.85. The highest BCUT2D eigenvalue weighted by molar-refractivity contribution is 5.90. The zero-order valence-electron chi connectivity index (χ0n) is 13.1. The number of phenols is 1. The van der Waals surface area contributed by atoms with E-state index in [2.05, 4.69) is 34.1 Å². The summed E-state index contributed by atoms with van der Waals surface area (Å²) in [6.45, 7) is 2.12. The molecule has 0 bridgehead atoms. The van der Waals surface area contributed by atoms with Gasteiger partial charge in [-0.25, -0.2) is 0 Å². The molecule has 0 unspecified atom stereocenters. The molecule has 2 heterocycles. The van der Waals surface area contributed by atoms with Crippen LogP contribution in [0.25, 0.3) is 22.0 Å². The fourth-order valence-electron chi connectivity index (χ4n) is 3.45. The highest BCUT2D eigenvalue weighted by Gasteiger charge is 2.18. The summed E-state index contributed by atoms with van der Waals surface area (Å²) < 4.78 is 0. The lowest BCUT2D eigenvalue weighted by molar-refractivity contribution is 0.476. The average molecular weight is 304 g/mol. The van der Waals surface area contributed by atoms with Crippen LogP contribution in [0, 0.1) is 0 Å². The molecule has 1 aliphatic heterocycles. The van der Waals surface area contributed by atoms with Gasteiger partial charge < -0.3 is 10.0 Å². The number of hydrogen-bond acceptors (Lipinski definition) is 3. The molecular formula is C20H20N2O. The van der Waals surface area contributed by atoms with Gasteiger partial charge in [0.05, 0.1) is 5.52 Å². The maximum absolute atomic E-state index is 10.5. The first-order valence-corrected chi connectivity index (χ1v) is 8.25. The first-order chi connectivity index (χ1) is 11.3. The standard InChI is InChI=1S/C20H20N2O/c23-19-8-4-7-18(22-12-2-1-3-13-22)20(19)16-9-10-17-15(14-16)6-5-11-21-17/h4-11,14,23H,1-3,12-13H2. The van der Waals surface area contributed by atoms with Crippen LogP contribution in [-0.2, 0) is 0 Å². The van der Waals surface area contributed by atoms with Gasteiger partial charge >= 0.3 is 0 Å². The van der Waals surface area contributed by atoms with Crippen LogP contribution in [0.3, 0.4) is 0 Å². The van der Waals surface area contributed by atoms with Crippen molar-refractivity contribution in [1.29, 1.82) is 0 Å². The second-order valence-electron chi connectivity index (χ2n) is 6.13. The summed E-state index contributed by atoms with van der Waals surface area (Å²) in [4.78, 5) is 6.77. The molecule has 1 aromatic heterocycles. The van der Waals surface area contributed by atoms with Gasteiger partial charge in [0.25, 0.3) is 0 Å². The summed E-state index contributed by atoms with van der Waals surface area (Å²) in [6.07, 6.45) is 5.54. The van der Waals surface area contributed by atoms with Gasteiger partial charge in [-0.15, -0.1) is 0 Å². The Morgan fingerprint density at radius 1 is 0.913 bits per heavy atom. The van der Waals surface area contributed by atoms with Crippen molar-refractivity contribution in [1.82, 2.24) is 4.98 Å². The normalized spacial score (nSPS) is 15.0. The lowest BCUT2D eigenvalue weighted by atomic mass is 9.98. The maximum atomic E-state index is 10.5. The Bertz CT molecular complexity index is 838. The monoisotopic (exact) mass is 304 g/mol. The van der Waals surface area contributed by atoms with Crippen LogP contribution in [0.15, 0.2) is 54.7 Å². The van der Waals surface area contributed by atoms with Crippen molar-refractivity contribution in [3.63, 3.8) is 0 Å². The fourth-order valence-corrected chi connectivity index (χ4v) is 3.45. The second-order valence-corrected chi connectivity index (χ2v) is 6.13. The number of hydrogen-bond donors (Lipinski definition) is 1. The van der Waals surface area contributed by atoms with Crippen LogP contribution >= 0.6 is 0 Å². The average Bonchev–Trinajstić information content (AvgIpc) is 2.62. The summed E-state index contributed by atoms with van der Waals surface area (Å²) in [5, 5.41) is 11.6. The Kier molecular flexibility index (Phi) is 3.62. The Morgan fingerprint density at radius 3 is 2.65 bits per heavy atom. The molecular weight excluding hydrogens is 284 g/mol. The molecule has 23 heavy (non-hydrogen) atoms. The predicted molar refractivity (Wildman–Crippen MR) is 94.9 cm³/mol. The highest BCUT2D eigenvalue weighted by Crippen LogP contribution is 2.39. The van der Waals surface area contributed by atoms with E-state index >= 15 is 0 Å². The third-order valence-electron chi connectivity index (χ3n) is 4.61. The molecule has 0 saturated carbocycles. The van der Waals surface area contributed by atoms with Gasteiger partial charge in [-0.05, 0) is 55.2 Å². The number of pyridine rings is 1. The van der Waals surface area contributed by atoms with Gasteiger partial charge in [0.2, 0.25) is 0 Å². The number of phenolic OH excluding ortho intramolecular Hbond substituents is 1. The van der Waals surface area contributed by atoms with Crippen molar-refractivity contribution in [2.75, 3.05) is 18.0 Å².